The van der Waals surface area contributed by atoms with E-state index in [1.165, 1.54) is 11.9 Å². The van der Waals surface area contributed by atoms with Crippen LogP contribution in [0, 0.1) is 0 Å². The van der Waals surface area contributed by atoms with E-state index in [0.717, 1.165) is 11.0 Å². The summed E-state index contributed by atoms with van der Waals surface area (Å²) in [6, 6.07) is 2.06. The van der Waals surface area contributed by atoms with E-state index >= 15 is 0 Å². The third kappa shape index (κ3) is 2.49. The third-order valence-electron chi connectivity index (χ3n) is 1.97. The number of hydrazine groups is 1. The first kappa shape index (κ1) is 11.3. The molecule has 0 atom stereocenters. The largest absolute Gasteiger partial charge is 0.365 e. The van der Waals surface area contributed by atoms with Crippen molar-refractivity contribution in [1.82, 2.24) is 9.97 Å². The molecule has 0 unspecified atom stereocenters. The highest BCUT2D eigenvalue weighted by atomic mass is 79.9. The van der Waals surface area contributed by atoms with Gasteiger partial charge in [0.15, 0.2) is 5.82 Å². The lowest BCUT2D eigenvalue weighted by atomic mass is 10.3. The zero-order valence-electron chi connectivity index (χ0n) is 8.27. The summed E-state index contributed by atoms with van der Waals surface area (Å²) in [5.41, 5.74) is 3.71. The van der Waals surface area contributed by atoms with Crippen LogP contribution in [0.2, 0.25) is 0 Å². The number of aromatic nitrogens is 2. The minimum atomic E-state index is 0.558. The van der Waals surface area contributed by atoms with Gasteiger partial charge in [-0.05, 0) is 38.3 Å². The lowest BCUT2D eigenvalue weighted by Crippen LogP contribution is -2.11. The molecule has 0 aromatic carbocycles. The monoisotopic (exact) mass is 299 g/mol. The van der Waals surface area contributed by atoms with E-state index in [4.69, 9.17) is 5.84 Å². The molecule has 4 N–H and O–H groups in total. The summed E-state index contributed by atoms with van der Waals surface area (Å²) in [7, 11) is 0. The Kier molecular flexibility index (Phi) is 3.70. The molecular weight excluding hydrogens is 290 g/mol. The van der Waals surface area contributed by atoms with E-state index < -0.39 is 0 Å². The van der Waals surface area contributed by atoms with Crippen molar-refractivity contribution in [2.45, 2.75) is 6.54 Å². The van der Waals surface area contributed by atoms with Gasteiger partial charge in [0.05, 0.1) is 0 Å². The van der Waals surface area contributed by atoms with Gasteiger partial charge in [0.2, 0.25) is 0 Å². The maximum absolute atomic E-state index is 5.31. The molecule has 0 amide bonds. The summed E-state index contributed by atoms with van der Waals surface area (Å²) in [4.78, 5) is 8.10. The van der Waals surface area contributed by atoms with E-state index in [1.54, 1.807) is 11.3 Å². The van der Waals surface area contributed by atoms with Crippen molar-refractivity contribution in [3.63, 3.8) is 0 Å². The first-order valence-electron chi connectivity index (χ1n) is 4.53. The van der Waals surface area contributed by atoms with Crippen molar-refractivity contribution in [1.29, 1.82) is 0 Å². The fraction of sp³-hybridized carbons (Fsp3) is 0.111. The number of nitrogens with two attached hydrogens (primary N) is 1. The Morgan fingerprint density at radius 3 is 2.88 bits per heavy atom. The lowest BCUT2D eigenvalue weighted by Gasteiger charge is -2.08. The standard InChI is InChI=1S/C9H10BrN5S/c10-7-8(13-5-14-9(7)15-11)12-3-6-1-2-16-4-6/h1-2,4-5H,3,11H2,(H2,12,13,14,15). The van der Waals surface area contributed by atoms with Crippen molar-refractivity contribution >= 4 is 38.9 Å². The minimum absolute atomic E-state index is 0.558. The molecular formula is C9H10BrN5S. The van der Waals surface area contributed by atoms with Gasteiger partial charge < -0.3 is 10.7 Å². The van der Waals surface area contributed by atoms with E-state index in [2.05, 4.69) is 48.1 Å². The van der Waals surface area contributed by atoms with E-state index in [1.807, 2.05) is 5.38 Å². The molecule has 2 rings (SSSR count). The number of hydrogen-bond donors (Lipinski definition) is 3. The van der Waals surface area contributed by atoms with Crippen molar-refractivity contribution in [2.75, 3.05) is 10.7 Å². The molecule has 0 aliphatic rings. The van der Waals surface area contributed by atoms with E-state index in [9.17, 15) is 0 Å². The maximum Gasteiger partial charge on any atom is 0.159 e. The van der Waals surface area contributed by atoms with Crippen LogP contribution in [0.1, 0.15) is 5.56 Å². The zero-order valence-corrected chi connectivity index (χ0v) is 10.7. The number of thiophene rings is 1. The van der Waals surface area contributed by atoms with Gasteiger partial charge in [-0.1, -0.05) is 0 Å². The third-order valence-corrected chi connectivity index (χ3v) is 3.45. The molecule has 2 aromatic heterocycles. The Morgan fingerprint density at radius 1 is 1.38 bits per heavy atom. The molecule has 0 saturated heterocycles. The van der Waals surface area contributed by atoms with Crippen LogP contribution >= 0.6 is 27.3 Å². The summed E-state index contributed by atoms with van der Waals surface area (Å²) >= 11 is 5.05. The molecule has 0 fully saturated rings. The minimum Gasteiger partial charge on any atom is -0.365 e. The van der Waals surface area contributed by atoms with Crippen molar-refractivity contribution in [2.24, 2.45) is 5.84 Å². The van der Waals surface area contributed by atoms with E-state index in [0.29, 0.717) is 11.6 Å². The molecule has 0 radical (unpaired) electrons. The van der Waals surface area contributed by atoms with Gasteiger partial charge in [0.1, 0.15) is 16.6 Å². The highest BCUT2D eigenvalue weighted by Crippen LogP contribution is 2.26. The predicted molar refractivity (Wildman–Crippen MR) is 69.2 cm³/mol. The molecule has 0 saturated carbocycles. The average molecular weight is 300 g/mol. The highest BCUT2D eigenvalue weighted by Gasteiger charge is 2.06. The van der Waals surface area contributed by atoms with Gasteiger partial charge in [-0.2, -0.15) is 11.3 Å². The van der Waals surface area contributed by atoms with Gasteiger partial charge in [-0.3, -0.25) is 0 Å². The van der Waals surface area contributed by atoms with Crippen LogP contribution < -0.4 is 16.6 Å². The number of rotatable bonds is 4. The molecule has 0 spiro atoms. The van der Waals surface area contributed by atoms with Gasteiger partial charge >= 0.3 is 0 Å². The Hall–Kier alpha value is -1.18. The van der Waals surface area contributed by atoms with Gasteiger partial charge in [0, 0.05) is 6.54 Å². The second-order valence-corrected chi connectivity index (χ2v) is 4.59. The molecule has 16 heavy (non-hydrogen) atoms. The first-order chi connectivity index (χ1) is 7.81. The van der Waals surface area contributed by atoms with Gasteiger partial charge in [0.25, 0.3) is 0 Å². The molecule has 84 valence electrons. The zero-order chi connectivity index (χ0) is 11.4. The summed E-state index contributed by atoms with van der Waals surface area (Å²) in [6.45, 7) is 0.725. The Labute approximate surface area is 105 Å². The van der Waals surface area contributed by atoms with Gasteiger partial charge in [-0.25, -0.2) is 15.8 Å². The number of nitrogens with one attached hydrogen (secondary N) is 2. The number of nitrogens with zero attached hydrogens (tertiary/aromatic N) is 2. The summed E-state index contributed by atoms with van der Waals surface area (Å²) in [6.07, 6.45) is 1.45. The van der Waals surface area contributed by atoms with Crippen molar-refractivity contribution < 1.29 is 0 Å². The molecule has 0 aliphatic carbocycles. The molecule has 5 nitrogen and oxygen atoms in total. The topological polar surface area (TPSA) is 75.9 Å². The van der Waals surface area contributed by atoms with Crippen LogP contribution in [-0.4, -0.2) is 9.97 Å². The van der Waals surface area contributed by atoms with E-state index in [-0.39, 0.29) is 0 Å². The lowest BCUT2D eigenvalue weighted by molar-refractivity contribution is 1.07. The van der Waals surface area contributed by atoms with Crippen LogP contribution in [0.5, 0.6) is 0 Å². The molecule has 2 heterocycles. The molecule has 0 aliphatic heterocycles. The number of halogens is 1. The average Bonchev–Trinajstić information content (AvgIpc) is 2.81. The fourth-order valence-electron chi connectivity index (χ4n) is 1.17. The molecule has 7 heteroatoms. The number of anilines is 2. The van der Waals surface area contributed by atoms with Crippen LogP contribution in [-0.2, 0) is 6.54 Å². The normalized spacial score (nSPS) is 10.1. The summed E-state index contributed by atoms with van der Waals surface area (Å²) < 4.78 is 0.729. The second-order valence-electron chi connectivity index (χ2n) is 3.01. The number of nitrogen functional groups attached to an aromatic ring is 1. The highest BCUT2D eigenvalue weighted by molar-refractivity contribution is 9.10. The SMILES string of the molecule is NNc1ncnc(NCc2ccsc2)c1Br. The quantitative estimate of drug-likeness (QED) is 0.596. The van der Waals surface area contributed by atoms with Gasteiger partial charge in [-0.15, -0.1) is 0 Å². The second kappa shape index (κ2) is 5.24. The Balaban J connectivity index is 2.09. The van der Waals surface area contributed by atoms with Crippen molar-refractivity contribution in [3.8, 4) is 0 Å². The molecule has 2 aromatic rings. The summed E-state index contributed by atoms with van der Waals surface area (Å²) in [5.74, 6) is 6.59. The van der Waals surface area contributed by atoms with Crippen LogP contribution in [0.25, 0.3) is 0 Å². The fourth-order valence-corrected chi connectivity index (χ4v) is 2.30. The van der Waals surface area contributed by atoms with Crippen LogP contribution in [0.3, 0.4) is 0 Å². The number of hydrogen-bond acceptors (Lipinski definition) is 6. The smallest absolute Gasteiger partial charge is 0.159 e. The Morgan fingerprint density at radius 2 is 2.19 bits per heavy atom. The predicted octanol–water partition coefficient (Wildman–Crippen LogP) is 2.20. The maximum atomic E-state index is 5.31. The van der Waals surface area contributed by atoms with Crippen molar-refractivity contribution in [3.05, 3.63) is 33.2 Å². The summed E-state index contributed by atoms with van der Waals surface area (Å²) in [5, 5.41) is 7.33. The van der Waals surface area contributed by atoms with Crippen LogP contribution in [0.15, 0.2) is 27.6 Å². The molecule has 0 bridgehead atoms. The first-order valence-corrected chi connectivity index (χ1v) is 6.27. The van der Waals surface area contributed by atoms with Crippen LogP contribution in [0.4, 0.5) is 11.6 Å². The Bertz CT molecular complexity index is 459.